The number of anilines is 2. The van der Waals surface area contributed by atoms with Gasteiger partial charge in [-0.25, -0.2) is 28.1 Å². The summed E-state index contributed by atoms with van der Waals surface area (Å²) in [6.45, 7) is 7.01. The van der Waals surface area contributed by atoms with Crippen molar-refractivity contribution in [1.82, 2.24) is 0 Å². The van der Waals surface area contributed by atoms with Crippen LogP contribution in [0.4, 0.5) is 58.7 Å². The molecular formula is C21H19ClF6N4O6. The Morgan fingerprint density at radius 3 is 1.68 bits per heavy atom. The van der Waals surface area contributed by atoms with E-state index < -0.39 is 47.9 Å². The lowest BCUT2D eigenvalue weighted by atomic mass is 10.2. The summed E-state index contributed by atoms with van der Waals surface area (Å²) in [5, 5.41) is 2.09. The number of nitrogens with one attached hydrogen (secondary N) is 1. The van der Waals surface area contributed by atoms with E-state index in [1.807, 2.05) is 0 Å². The molecule has 0 saturated heterocycles. The Morgan fingerprint density at radius 2 is 1.32 bits per heavy atom. The van der Waals surface area contributed by atoms with E-state index in [-0.39, 0.29) is 30.2 Å². The molecule has 0 spiro atoms. The Hall–Kier alpha value is -4.57. The second-order valence-electron chi connectivity index (χ2n) is 5.68. The summed E-state index contributed by atoms with van der Waals surface area (Å²) in [6.07, 6.45) is -0.922. The molecule has 0 bridgehead atoms. The van der Waals surface area contributed by atoms with E-state index in [4.69, 9.17) is 18.9 Å². The highest BCUT2D eigenvalue weighted by Crippen LogP contribution is 2.33. The molecule has 0 fully saturated rings. The quantitative estimate of drug-likeness (QED) is 0.166. The van der Waals surface area contributed by atoms with Crippen LogP contribution in [0.2, 0.25) is 0 Å². The van der Waals surface area contributed by atoms with Crippen LogP contribution >= 0.6 is 11.6 Å². The summed E-state index contributed by atoms with van der Waals surface area (Å²) < 4.78 is 89.5. The average Bonchev–Trinajstić information content (AvgIpc) is 2.83. The van der Waals surface area contributed by atoms with Crippen molar-refractivity contribution in [2.24, 2.45) is 0 Å². The molecule has 0 heterocycles. The predicted molar refractivity (Wildman–Crippen MR) is 124 cm³/mol. The Balaban J connectivity index is 0. The van der Waals surface area contributed by atoms with Crippen LogP contribution < -0.4 is 20.5 Å². The van der Waals surface area contributed by atoms with Gasteiger partial charge in [0.1, 0.15) is 0 Å². The SMILES string of the molecule is C.COC(=O)Cl.[C-]#[N+]c1cc(F)c(OC(F)F)cc1N.[C-]#[N+]c1cc(F)c(OC(F)F)cc1NC(=O)OC. The minimum atomic E-state index is -3.22. The van der Waals surface area contributed by atoms with Crippen molar-refractivity contribution >= 4 is 45.9 Å². The van der Waals surface area contributed by atoms with Gasteiger partial charge in [-0.1, -0.05) is 7.43 Å². The van der Waals surface area contributed by atoms with Gasteiger partial charge in [-0.3, -0.25) is 0 Å². The molecule has 0 atom stereocenters. The molecule has 17 heteroatoms. The second kappa shape index (κ2) is 17.8. The van der Waals surface area contributed by atoms with E-state index in [0.717, 1.165) is 25.3 Å². The number of nitrogens with zero attached hydrogens (tertiary/aromatic N) is 2. The van der Waals surface area contributed by atoms with Crippen molar-refractivity contribution < 1.29 is 54.9 Å². The van der Waals surface area contributed by atoms with Crippen molar-refractivity contribution in [3.05, 3.63) is 58.7 Å². The molecule has 0 radical (unpaired) electrons. The first-order valence-corrected chi connectivity index (χ1v) is 9.32. The number of carbonyl (C=O) groups excluding carboxylic acids is 2. The van der Waals surface area contributed by atoms with Crippen molar-refractivity contribution in [2.45, 2.75) is 20.6 Å². The van der Waals surface area contributed by atoms with Crippen molar-refractivity contribution in [3.63, 3.8) is 0 Å². The van der Waals surface area contributed by atoms with Gasteiger partial charge in [-0.05, 0) is 24.3 Å². The van der Waals surface area contributed by atoms with E-state index in [9.17, 15) is 35.9 Å². The Morgan fingerprint density at radius 1 is 0.895 bits per heavy atom. The third-order valence-electron chi connectivity index (χ3n) is 3.39. The third-order valence-corrected chi connectivity index (χ3v) is 3.54. The van der Waals surface area contributed by atoms with E-state index in [1.165, 1.54) is 7.11 Å². The number of nitrogen functional groups attached to an aromatic ring is 1. The molecular weight excluding hydrogens is 554 g/mol. The van der Waals surface area contributed by atoms with Gasteiger partial charge >= 0.3 is 24.7 Å². The van der Waals surface area contributed by atoms with E-state index >= 15 is 0 Å². The second-order valence-corrected chi connectivity index (χ2v) is 5.99. The monoisotopic (exact) mass is 572 g/mol. The minimum Gasteiger partial charge on any atom is -0.457 e. The molecule has 0 aliphatic carbocycles. The van der Waals surface area contributed by atoms with E-state index in [1.54, 1.807) is 0 Å². The summed E-state index contributed by atoms with van der Waals surface area (Å²) in [6, 6.07) is 3.07. The number of halogens is 7. The van der Waals surface area contributed by atoms with Crippen LogP contribution in [0.15, 0.2) is 24.3 Å². The first kappa shape index (κ1) is 35.6. The molecule has 0 unspecified atom stereocenters. The van der Waals surface area contributed by atoms with Gasteiger partial charge in [0.2, 0.25) is 11.4 Å². The molecule has 10 nitrogen and oxygen atoms in total. The number of ether oxygens (including phenoxy) is 4. The van der Waals surface area contributed by atoms with Gasteiger partial charge in [0, 0.05) is 17.3 Å². The molecule has 1 amide bonds. The lowest BCUT2D eigenvalue weighted by Gasteiger charge is -2.10. The number of rotatable bonds is 5. The molecule has 38 heavy (non-hydrogen) atoms. The zero-order valence-corrected chi connectivity index (χ0v) is 19.3. The lowest BCUT2D eigenvalue weighted by molar-refractivity contribution is -0.0527. The number of amides is 1. The predicted octanol–water partition coefficient (Wildman–Crippen LogP) is 7.34. The molecule has 2 aromatic carbocycles. The Bertz CT molecular complexity index is 1170. The highest BCUT2D eigenvalue weighted by atomic mass is 35.5. The van der Waals surface area contributed by atoms with E-state index in [2.05, 4.69) is 45.6 Å². The highest BCUT2D eigenvalue weighted by molar-refractivity contribution is 6.61. The summed E-state index contributed by atoms with van der Waals surface area (Å²) in [4.78, 5) is 26.1. The zero-order chi connectivity index (χ0) is 28.7. The maximum atomic E-state index is 13.3. The van der Waals surface area contributed by atoms with Gasteiger partial charge in [0.05, 0.1) is 33.1 Å². The first-order valence-electron chi connectivity index (χ1n) is 8.94. The number of hydrogen-bond acceptors (Lipinski definition) is 7. The van der Waals surface area contributed by atoms with Gasteiger partial charge < -0.3 is 30.0 Å². The maximum Gasteiger partial charge on any atom is 0.410 e. The lowest BCUT2D eigenvalue weighted by Crippen LogP contribution is -2.12. The maximum absolute atomic E-state index is 13.3. The van der Waals surface area contributed by atoms with Crippen LogP contribution in [0.5, 0.6) is 11.5 Å². The fourth-order valence-corrected chi connectivity index (χ4v) is 1.92. The number of benzene rings is 2. The van der Waals surface area contributed by atoms with Crippen LogP contribution in [0.3, 0.4) is 0 Å². The molecule has 208 valence electrons. The fraction of sp³-hybridized carbons (Fsp3) is 0.238. The Kier molecular flexibility index (Phi) is 16.7. The van der Waals surface area contributed by atoms with Crippen molar-refractivity contribution in [2.75, 3.05) is 25.3 Å². The number of methoxy groups -OCH3 is 2. The van der Waals surface area contributed by atoms with Gasteiger partial charge in [-0.15, -0.1) is 0 Å². The molecule has 3 N–H and O–H groups in total. The molecule has 2 rings (SSSR count). The number of nitrogens with two attached hydrogens (primary N) is 1. The van der Waals surface area contributed by atoms with Crippen LogP contribution in [0.1, 0.15) is 7.43 Å². The highest BCUT2D eigenvalue weighted by Gasteiger charge is 2.16. The summed E-state index contributed by atoms with van der Waals surface area (Å²) in [7, 11) is 2.29. The smallest absolute Gasteiger partial charge is 0.410 e. The molecule has 0 aliphatic heterocycles. The van der Waals surface area contributed by atoms with Gasteiger partial charge in [0.15, 0.2) is 23.1 Å². The standard InChI is InChI=1S/C10H7F3N2O3.C8H5F3N2O.C2H3ClO2.CH4/c1-14-6-3-5(11)8(18-9(12)13)4-7(6)15-10(16)17-2;1-13-6-2-4(9)7(3-5(6)12)14-8(10)11;1-5-2(3)4;/h3-4,9H,2H3,(H,15,16);2-3,8H,12H2;1H3;1H4. The van der Waals surface area contributed by atoms with Crippen LogP contribution in [0, 0.1) is 24.8 Å². The average molecular weight is 573 g/mol. The van der Waals surface area contributed by atoms with Gasteiger partial charge in [0.25, 0.3) is 0 Å². The fourth-order valence-electron chi connectivity index (χ4n) is 1.92. The third kappa shape index (κ3) is 12.9. The summed E-state index contributed by atoms with van der Waals surface area (Å²) >= 11 is 4.60. The zero-order valence-electron chi connectivity index (χ0n) is 18.5. The topological polar surface area (TPSA) is 118 Å². The van der Waals surface area contributed by atoms with Crippen molar-refractivity contribution in [1.29, 1.82) is 0 Å². The minimum absolute atomic E-state index is 0. The normalized spacial score (nSPS) is 9.18. The van der Waals surface area contributed by atoms with Gasteiger partial charge in [-0.2, -0.15) is 17.6 Å². The van der Waals surface area contributed by atoms with Crippen LogP contribution in [-0.4, -0.2) is 39.0 Å². The van der Waals surface area contributed by atoms with Crippen LogP contribution in [0.25, 0.3) is 9.69 Å². The molecule has 0 aromatic heterocycles. The molecule has 2 aromatic rings. The summed E-state index contributed by atoms with van der Waals surface area (Å²) in [5.74, 6) is -3.60. The first-order chi connectivity index (χ1) is 17.3. The Labute approximate surface area is 217 Å². The number of hydrogen-bond donors (Lipinski definition) is 2. The van der Waals surface area contributed by atoms with E-state index in [0.29, 0.717) is 6.07 Å². The number of alkyl halides is 4. The molecule has 0 saturated carbocycles. The summed E-state index contributed by atoms with van der Waals surface area (Å²) in [5.41, 5.74) is 3.81. The molecule has 0 aliphatic rings. The number of carbonyl (C=O) groups is 2. The van der Waals surface area contributed by atoms with Crippen molar-refractivity contribution in [3.8, 4) is 11.5 Å². The van der Waals surface area contributed by atoms with Crippen LogP contribution in [-0.2, 0) is 9.47 Å². The largest absolute Gasteiger partial charge is 0.457 e.